The molecule has 8 heterocycles. The first kappa shape index (κ1) is 47.5. The number of hydrogen-bond acceptors (Lipinski definition) is 11. The maximum Gasteiger partial charge on any atom is 0.329 e. The van der Waals surface area contributed by atoms with Gasteiger partial charge in [0.2, 0.25) is 17.7 Å². The van der Waals surface area contributed by atoms with E-state index >= 15 is 0 Å². The minimum atomic E-state index is -0.723. The van der Waals surface area contributed by atoms with Crippen molar-refractivity contribution in [2.75, 3.05) is 56.5 Å². The van der Waals surface area contributed by atoms with Crippen LogP contribution in [0.3, 0.4) is 0 Å². The Kier molecular flexibility index (Phi) is 13.2. The van der Waals surface area contributed by atoms with Gasteiger partial charge in [-0.3, -0.25) is 38.3 Å². The number of piperidine rings is 3. The van der Waals surface area contributed by atoms with Crippen molar-refractivity contribution >= 4 is 62.7 Å². The van der Waals surface area contributed by atoms with Crippen LogP contribution in [0.5, 0.6) is 0 Å². The van der Waals surface area contributed by atoms with Gasteiger partial charge in [0, 0.05) is 101 Å². The summed E-state index contributed by atoms with van der Waals surface area (Å²) in [5.41, 5.74) is 8.61. The molecule has 376 valence electrons. The number of anilines is 2. The summed E-state index contributed by atoms with van der Waals surface area (Å²) >= 11 is 0. The highest BCUT2D eigenvalue weighted by Gasteiger charge is 2.32. The molecule has 0 saturated carbocycles. The number of amides is 4. The molecule has 2 N–H and O–H groups in total. The summed E-state index contributed by atoms with van der Waals surface area (Å²) in [5, 5.41) is 14.3. The number of furan rings is 1. The Balaban J connectivity index is 0.684. The summed E-state index contributed by atoms with van der Waals surface area (Å²) in [6.45, 7) is 4.98. The van der Waals surface area contributed by atoms with Crippen molar-refractivity contribution in [1.29, 1.82) is 0 Å². The van der Waals surface area contributed by atoms with Crippen LogP contribution in [0.15, 0.2) is 107 Å². The van der Waals surface area contributed by atoms with Crippen molar-refractivity contribution in [2.24, 2.45) is 18.9 Å². The zero-order chi connectivity index (χ0) is 50.2. The molecule has 0 radical (unpaired) electrons. The number of carbonyl (C=O) groups excluding carboxylic acids is 4. The van der Waals surface area contributed by atoms with E-state index in [-0.39, 0.29) is 29.8 Å². The molecule has 17 nitrogen and oxygen atoms in total. The third-order valence-electron chi connectivity index (χ3n) is 15.7. The summed E-state index contributed by atoms with van der Waals surface area (Å²) in [6.07, 6.45) is 15.6. The fourth-order valence-corrected chi connectivity index (χ4v) is 11.4. The zero-order valence-electron chi connectivity index (χ0n) is 41.5. The van der Waals surface area contributed by atoms with Gasteiger partial charge in [0.15, 0.2) is 5.76 Å². The van der Waals surface area contributed by atoms with Gasteiger partial charge in [-0.15, -0.1) is 5.10 Å². The normalized spacial score (nSPS) is 18.1. The Bertz CT molecular complexity index is 3280. The van der Waals surface area contributed by atoms with Crippen LogP contribution < -0.4 is 21.2 Å². The number of nitrogens with zero attached hydrogens (tertiary/aromatic N) is 9. The van der Waals surface area contributed by atoms with Crippen molar-refractivity contribution in [3.63, 3.8) is 0 Å². The minimum Gasteiger partial charge on any atom is -0.450 e. The Morgan fingerprint density at radius 3 is 2.26 bits per heavy atom. The van der Waals surface area contributed by atoms with Crippen LogP contribution in [0.1, 0.15) is 86.4 Å². The van der Waals surface area contributed by atoms with E-state index in [1.807, 2.05) is 59.4 Å². The predicted molar refractivity (Wildman–Crippen MR) is 280 cm³/mol. The van der Waals surface area contributed by atoms with E-state index in [0.29, 0.717) is 79.8 Å². The highest BCUT2D eigenvalue weighted by molar-refractivity contribution is 6.02. The van der Waals surface area contributed by atoms with E-state index in [2.05, 4.69) is 68.3 Å². The number of imidazole rings is 1. The Hall–Kier alpha value is -7.82. The molecule has 3 fully saturated rings. The molecule has 4 aliphatic heterocycles. The lowest BCUT2D eigenvalue weighted by atomic mass is 9.85. The van der Waals surface area contributed by atoms with Crippen molar-refractivity contribution in [3.05, 3.63) is 119 Å². The van der Waals surface area contributed by atoms with Crippen LogP contribution >= 0.6 is 0 Å². The number of aromatic nitrogens is 6. The second-order valence-corrected chi connectivity index (χ2v) is 20.2. The van der Waals surface area contributed by atoms with E-state index in [1.165, 1.54) is 11.0 Å². The summed E-state index contributed by atoms with van der Waals surface area (Å²) in [6, 6.07) is 23.6. The molecule has 3 saturated heterocycles. The molecule has 0 aliphatic carbocycles. The average molecular weight is 984 g/mol. The SMILES string of the molecule is CNc1ccc(-c2cc(C3=CCCN(C(=O)CCn4ccnn4)C3)cc3cc(C(=O)N4CCC(CCC5CCN(c6ccc(-c7ccc8c(c7)n(C)c(=O)n8C7CCC(=O)NC7=O)cn6)CC5)CC4)oc23)cc1. The number of imide groups is 1. The van der Waals surface area contributed by atoms with Crippen molar-refractivity contribution < 1.29 is 23.6 Å². The summed E-state index contributed by atoms with van der Waals surface area (Å²) in [5.74, 6) is 1.80. The van der Waals surface area contributed by atoms with Gasteiger partial charge in [-0.2, -0.15) is 0 Å². The third kappa shape index (κ3) is 9.79. The molecule has 4 aliphatic rings. The molecule has 1 atom stereocenters. The van der Waals surface area contributed by atoms with Crippen LogP contribution in [-0.2, 0) is 28.0 Å². The molecule has 4 amide bonds. The quantitative estimate of drug-likeness (QED) is 0.108. The molecule has 0 bridgehead atoms. The van der Waals surface area contributed by atoms with E-state index in [1.54, 1.807) is 28.7 Å². The highest BCUT2D eigenvalue weighted by atomic mass is 16.3. The van der Waals surface area contributed by atoms with Crippen LogP contribution in [0, 0.1) is 11.8 Å². The molecular weight excluding hydrogens is 923 g/mol. The molecule has 73 heavy (non-hydrogen) atoms. The lowest BCUT2D eigenvalue weighted by molar-refractivity contribution is -0.136. The Morgan fingerprint density at radius 2 is 1.55 bits per heavy atom. The molecule has 1 unspecified atom stereocenters. The maximum atomic E-state index is 14.2. The van der Waals surface area contributed by atoms with Gasteiger partial charge in [0.1, 0.15) is 17.4 Å². The third-order valence-corrected chi connectivity index (χ3v) is 15.7. The standard InChI is InChI=1S/C56H61N11O6/c1-57-44-11-7-38(8-12-44)45-31-42(41-4-3-23-65(35-41)52(69)21-28-66-29-22-59-61-66)30-43-33-49(73-53(43)45)55(71)64-26-19-37(20-27-64)6-5-36-17-24-63(25-18-36)50-15-10-40(34-58-50)39-9-13-46-48(32-39)62(2)56(72)67(46)47-14-16-51(68)60-54(47)70/h4,7-13,15,22,29-34,36-37,47,57H,3,5-6,14,16-21,23-28,35H2,1-2H3,(H,60,68,70). The lowest BCUT2D eigenvalue weighted by Gasteiger charge is -2.35. The summed E-state index contributed by atoms with van der Waals surface area (Å²) < 4.78 is 11.3. The van der Waals surface area contributed by atoms with Gasteiger partial charge in [-0.05, 0) is 127 Å². The number of aryl methyl sites for hydroxylation is 2. The van der Waals surface area contributed by atoms with Crippen molar-refractivity contribution in [1.82, 2.24) is 44.2 Å². The number of likely N-dealkylation sites (tertiary alicyclic amines) is 1. The van der Waals surface area contributed by atoms with Crippen molar-refractivity contribution in [2.45, 2.75) is 76.8 Å². The fourth-order valence-electron chi connectivity index (χ4n) is 11.4. The molecular formula is C56H61N11O6. The van der Waals surface area contributed by atoms with E-state index in [0.717, 1.165) is 102 Å². The highest BCUT2D eigenvalue weighted by Crippen LogP contribution is 2.38. The van der Waals surface area contributed by atoms with E-state index < -0.39 is 11.9 Å². The number of pyridine rings is 1. The number of nitrogens with one attached hydrogen (secondary N) is 2. The van der Waals surface area contributed by atoms with Gasteiger partial charge < -0.3 is 24.4 Å². The molecule has 0 spiro atoms. The maximum absolute atomic E-state index is 14.2. The largest absolute Gasteiger partial charge is 0.450 e. The fraction of sp³-hybridized carbons (Fsp3) is 0.393. The Morgan fingerprint density at radius 1 is 0.795 bits per heavy atom. The summed E-state index contributed by atoms with van der Waals surface area (Å²) in [4.78, 5) is 76.3. The van der Waals surface area contributed by atoms with Gasteiger partial charge in [-0.1, -0.05) is 42.3 Å². The molecule has 4 aromatic heterocycles. The van der Waals surface area contributed by atoms with E-state index in [9.17, 15) is 24.0 Å². The first-order chi connectivity index (χ1) is 35.6. The smallest absolute Gasteiger partial charge is 0.329 e. The minimum absolute atomic E-state index is 0.0718. The lowest BCUT2D eigenvalue weighted by Crippen LogP contribution is -2.44. The summed E-state index contributed by atoms with van der Waals surface area (Å²) in [7, 11) is 3.60. The van der Waals surface area contributed by atoms with Crippen molar-refractivity contribution in [3.8, 4) is 22.3 Å². The first-order valence-electron chi connectivity index (χ1n) is 25.8. The van der Waals surface area contributed by atoms with Crippen LogP contribution in [0.4, 0.5) is 11.5 Å². The second-order valence-electron chi connectivity index (χ2n) is 20.2. The number of benzene rings is 3. The van der Waals surface area contributed by atoms with Crippen LogP contribution in [-0.4, -0.2) is 109 Å². The zero-order valence-corrected chi connectivity index (χ0v) is 41.5. The van der Waals surface area contributed by atoms with Gasteiger partial charge in [-0.25, -0.2) is 9.78 Å². The first-order valence-corrected chi connectivity index (χ1v) is 25.8. The molecule has 3 aromatic carbocycles. The second kappa shape index (κ2) is 20.4. The monoisotopic (exact) mass is 983 g/mol. The van der Waals surface area contributed by atoms with Crippen LogP contribution in [0.2, 0.25) is 0 Å². The topological polar surface area (TPSA) is 186 Å². The Labute approximate surface area is 422 Å². The van der Waals surface area contributed by atoms with Gasteiger partial charge >= 0.3 is 5.69 Å². The number of carbonyl (C=O) groups is 4. The number of fused-ring (bicyclic) bond motifs is 2. The predicted octanol–water partition coefficient (Wildman–Crippen LogP) is 7.68. The number of hydrogen-bond donors (Lipinski definition) is 2. The van der Waals surface area contributed by atoms with Gasteiger partial charge in [0.05, 0.1) is 23.8 Å². The number of rotatable bonds is 13. The van der Waals surface area contributed by atoms with Crippen LogP contribution in [0.25, 0.3) is 49.8 Å². The molecule has 11 rings (SSSR count). The van der Waals surface area contributed by atoms with Gasteiger partial charge in [0.25, 0.3) is 5.91 Å². The molecule has 7 aromatic rings. The average Bonchev–Trinajstić information content (AvgIpc) is 4.18. The van der Waals surface area contributed by atoms with E-state index in [4.69, 9.17) is 9.40 Å². The molecule has 17 heteroatoms.